The molecule has 4 aliphatic rings. The number of carbonyl (C=O) groups excluding carboxylic acids is 2. The summed E-state index contributed by atoms with van der Waals surface area (Å²) in [5, 5.41) is 113. The van der Waals surface area contributed by atoms with E-state index in [2.05, 4.69) is 10.6 Å². The Morgan fingerprint density at radius 2 is 1.16 bits per heavy atom. The monoisotopic (exact) mass is 890 g/mol. The first-order valence-electron chi connectivity index (χ1n) is 19.8. The molecule has 4 saturated heterocycles. The van der Waals surface area contributed by atoms with Crippen molar-refractivity contribution < 1.29 is 103 Å². The summed E-state index contributed by atoms with van der Waals surface area (Å²) in [6.45, 7) is 2.59. The molecule has 2 amide bonds. The van der Waals surface area contributed by atoms with Crippen LogP contribution in [0.25, 0.3) is 11.0 Å². The van der Waals surface area contributed by atoms with Gasteiger partial charge in [0.1, 0.15) is 103 Å². The average molecular weight is 891 g/mol. The number of aliphatic hydroxyl groups excluding tert-OH is 10. The molecule has 0 spiro atoms. The van der Waals surface area contributed by atoms with E-state index in [9.17, 15) is 65.4 Å². The molecule has 4 aliphatic heterocycles. The molecule has 0 saturated carbocycles. The SMILES string of the molecule is CC(=O)N[C@H]1[C@@H](O[C@H]2[C@@H](O)[C@@H](CO)O[C@@H](O[C@H]3[C@@H](O)[C@@H](CO)O[C@H](Oc4ccc5c(C)cc(=O)oc5c4)[C@@H]3NC(C)=O)[C@@H]2O[C@@H]2O[C@@H](C)[C@@H](O)[C@@H](O)[C@@H]2O)O[C@H](CO)[C@H](O)[C@@H]1O. The zero-order valence-corrected chi connectivity index (χ0v) is 33.8. The van der Waals surface area contributed by atoms with Crippen LogP contribution in [0.3, 0.4) is 0 Å². The van der Waals surface area contributed by atoms with E-state index in [1.54, 1.807) is 13.0 Å². The normalized spacial score (nSPS) is 41.4. The molecular formula is C38H54N2O22. The van der Waals surface area contributed by atoms with Crippen molar-refractivity contribution in [3.05, 3.63) is 40.2 Å². The van der Waals surface area contributed by atoms with Gasteiger partial charge in [0.05, 0.1) is 25.9 Å². The molecule has 0 aliphatic carbocycles. The number of rotatable bonds is 13. The lowest BCUT2D eigenvalue weighted by Crippen LogP contribution is -2.71. The van der Waals surface area contributed by atoms with Crippen LogP contribution in [-0.4, -0.2) is 205 Å². The fourth-order valence-electron chi connectivity index (χ4n) is 7.86. The van der Waals surface area contributed by atoms with Gasteiger partial charge >= 0.3 is 5.63 Å². The highest BCUT2D eigenvalue weighted by Gasteiger charge is 2.57. The van der Waals surface area contributed by atoms with Crippen LogP contribution in [0, 0.1) is 6.92 Å². The first kappa shape index (κ1) is 48.0. The first-order chi connectivity index (χ1) is 29.4. The lowest BCUT2D eigenvalue weighted by atomic mass is 9.94. The Kier molecular flexibility index (Phi) is 15.6. The number of fused-ring (bicyclic) bond motifs is 1. The van der Waals surface area contributed by atoms with Crippen molar-refractivity contribution in [2.24, 2.45) is 0 Å². The van der Waals surface area contributed by atoms with Gasteiger partial charge in [-0.3, -0.25) is 9.59 Å². The third-order valence-electron chi connectivity index (χ3n) is 11.1. The molecule has 0 unspecified atom stereocenters. The molecule has 2 aromatic rings. The fourth-order valence-corrected chi connectivity index (χ4v) is 7.86. The van der Waals surface area contributed by atoms with Crippen LogP contribution in [0.1, 0.15) is 26.3 Å². The largest absolute Gasteiger partial charge is 0.462 e. The Hall–Kier alpha value is -3.51. The van der Waals surface area contributed by atoms with Gasteiger partial charge in [0.2, 0.25) is 18.1 Å². The number of hydrogen-bond donors (Lipinski definition) is 12. The summed E-state index contributed by atoms with van der Waals surface area (Å²) in [6, 6.07) is 2.68. The molecule has 348 valence electrons. The molecule has 5 heterocycles. The predicted octanol–water partition coefficient (Wildman–Crippen LogP) is -5.93. The number of nitrogens with one attached hydrogen (secondary N) is 2. The summed E-state index contributed by atoms with van der Waals surface area (Å²) in [4.78, 5) is 37.1. The maximum Gasteiger partial charge on any atom is 0.336 e. The third-order valence-corrected chi connectivity index (χ3v) is 11.1. The van der Waals surface area contributed by atoms with Gasteiger partial charge in [0.25, 0.3) is 0 Å². The van der Waals surface area contributed by atoms with Crippen molar-refractivity contribution in [1.82, 2.24) is 10.6 Å². The number of aliphatic hydroxyl groups is 10. The minimum Gasteiger partial charge on any atom is -0.462 e. The van der Waals surface area contributed by atoms with Crippen molar-refractivity contribution in [1.29, 1.82) is 0 Å². The van der Waals surface area contributed by atoms with E-state index in [1.807, 2.05) is 0 Å². The van der Waals surface area contributed by atoms with Crippen molar-refractivity contribution in [3.8, 4) is 5.75 Å². The Bertz CT molecular complexity index is 1900. The van der Waals surface area contributed by atoms with E-state index < -0.39 is 160 Å². The third kappa shape index (κ3) is 10.1. The van der Waals surface area contributed by atoms with Gasteiger partial charge in [-0.15, -0.1) is 0 Å². The van der Waals surface area contributed by atoms with E-state index in [1.165, 1.54) is 25.1 Å². The second-order valence-electron chi connectivity index (χ2n) is 15.6. The molecular weight excluding hydrogens is 836 g/mol. The van der Waals surface area contributed by atoms with Gasteiger partial charge < -0.3 is 104 Å². The fraction of sp³-hybridized carbons (Fsp3) is 0.711. The van der Waals surface area contributed by atoms with E-state index in [-0.39, 0.29) is 11.3 Å². The maximum absolute atomic E-state index is 12.7. The molecule has 6 rings (SSSR count). The van der Waals surface area contributed by atoms with Crippen LogP contribution in [-0.2, 0) is 42.7 Å². The number of carbonyl (C=O) groups is 2. The van der Waals surface area contributed by atoms with Crippen LogP contribution in [0.4, 0.5) is 0 Å². The molecule has 24 nitrogen and oxygen atoms in total. The summed E-state index contributed by atoms with van der Waals surface area (Å²) in [6.07, 6.45) is -31.4. The quantitative estimate of drug-likeness (QED) is 0.0833. The Labute approximate surface area is 352 Å². The van der Waals surface area contributed by atoms with Crippen LogP contribution < -0.4 is 21.0 Å². The molecule has 1 aromatic carbocycles. The smallest absolute Gasteiger partial charge is 0.336 e. The molecule has 24 heteroatoms. The zero-order chi connectivity index (χ0) is 45.3. The van der Waals surface area contributed by atoms with Crippen LogP contribution in [0.2, 0.25) is 0 Å². The van der Waals surface area contributed by atoms with Gasteiger partial charge in [-0.2, -0.15) is 0 Å². The number of hydrogen-bond acceptors (Lipinski definition) is 22. The van der Waals surface area contributed by atoms with Crippen molar-refractivity contribution >= 4 is 22.8 Å². The van der Waals surface area contributed by atoms with E-state index in [0.717, 1.165) is 13.8 Å². The highest BCUT2D eigenvalue weighted by molar-refractivity contribution is 5.81. The summed E-state index contributed by atoms with van der Waals surface area (Å²) < 4.78 is 53.4. The molecule has 0 radical (unpaired) electrons. The van der Waals surface area contributed by atoms with Gasteiger partial charge in [-0.1, -0.05) is 0 Å². The predicted molar refractivity (Wildman–Crippen MR) is 201 cm³/mol. The standard InChI is InChI=1S/C38H54N2O22/c1-12-7-22(46)56-18-8-16(5-6-17(12)18)55-36-24(40-15(4)45)32(27(49)20(10-42)58-36)60-38-34(62-37-31(53)30(52)25(47)13(2)54-37)33(28(50)21(11-43)59-38)61-35-23(39-14(3)44)29(51)26(48)19(9-41)57-35/h5-8,13,19-21,23-38,41-43,47-53H,9-11H2,1-4H3,(H,39,44)(H,40,45)/t13-,19+,20+,21+,23+,24+,25+,26-,27-,28-,29+,30+,31-,32+,33-,34+,35+,36-,37-,38-/m0/s1. The van der Waals surface area contributed by atoms with E-state index >= 15 is 0 Å². The average Bonchev–Trinajstić information content (AvgIpc) is 3.22. The highest BCUT2D eigenvalue weighted by Crippen LogP contribution is 2.37. The Morgan fingerprint density at radius 3 is 1.79 bits per heavy atom. The van der Waals surface area contributed by atoms with Gasteiger partial charge in [0, 0.05) is 31.4 Å². The maximum atomic E-state index is 12.7. The minimum atomic E-state index is -1.99. The second kappa shape index (κ2) is 20.1. The summed E-state index contributed by atoms with van der Waals surface area (Å²) in [5.74, 6) is -1.39. The Balaban J connectivity index is 1.40. The van der Waals surface area contributed by atoms with Crippen LogP contribution in [0.5, 0.6) is 5.75 Å². The zero-order valence-electron chi connectivity index (χ0n) is 33.8. The molecule has 20 atom stereocenters. The topological polar surface area (TPSA) is 365 Å². The molecule has 62 heavy (non-hydrogen) atoms. The van der Waals surface area contributed by atoms with Gasteiger partial charge in [-0.05, 0) is 31.5 Å². The van der Waals surface area contributed by atoms with Crippen molar-refractivity contribution in [3.63, 3.8) is 0 Å². The second-order valence-corrected chi connectivity index (χ2v) is 15.6. The van der Waals surface area contributed by atoms with Crippen LogP contribution in [0.15, 0.2) is 33.5 Å². The summed E-state index contributed by atoms with van der Waals surface area (Å²) in [7, 11) is 0. The number of aryl methyl sites for hydroxylation is 1. The molecule has 1 aromatic heterocycles. The van der Waals surface area contributed by atoms with E-state index in [4.69, 9.17) is 42.3 Å². The highest BCUT2D eigenvalue weighted by atomic mass is 16.8. The first-order valence-corrected chi connectivity index (χ1v) is 19.8. The summed E-state index contributed by atoms with van der Waals surface area (Å²) in [5.41, 5.74) is 0.104. The number of benzene rings is 1. The molecule has 4 fully saturated rings. The number of ether oxygens (including phenoxy) is 8. The molecule has 12 N–H and O–H groups in total. The number of amides is 2. The summed E-state index contributed by atoms with van der Waals surface area (Å²) >= 11 is 0. The van der Waals surface area contributed by atoms with Gasteiger partial charge in [0.15, 0.2) is 18.9 Å². The minimum absolute atomic E-state index is 0.0403. The van der Waals surface area contributed by atoms with E-state index in [0.29, 0.717) is 10.9 Å². The van der Waals surface area contributed by atoms with Crippen LogP contribution >= 0.6 is 0 Å². The molecule has 0 bridgehead atoms. The van der Waals surface area contributed by atoms with Gasteiger partial charge in [-0.25, -0.2) is 4.79 Å². The van der Waals surface area contributed by atoms with Crippen molar-refractivity contribution in [2.75, 3.05) is 19.8 Å². The Morgan fingerprint density at radius 1 is 0.613 bits per heavy atom. The lowest BCUT2D eigenvalue weighted by molar-refractivity contribution is -0.396. The van der Waals surface area contributed by atoms with Crippen molar-refractivity contribution in [2.45, 2.75) is 150 Å². The lowest BCUT2D eigenvalue weighted by Gasteiger charge is -2.51.